The maximum absolute atomic E-state index is 12.5. The molecular formula is C18H29N3O3. The van der Waals surface area contributed by atoms with Crippen molar-refractivity contribution in [3.05, 3.63) is 23.7 Å². The van der Waals surface area contributed by atoms with Crippen LogP contribution in [0.1, 0.15) is 31.3 Å². The summed E-state index contributed by atoms with van der Waals surface area (Å²) >= 11 is 0. The fourth-order valence-corrected chi connectivity index (χ4v) is 3.58. The van der Waals surface area contributed by atoms with Gasteiger partial charge in [0, 0.05) is 32.1 Å². The van der Waals surface area contributed by atoms with Crippen LogP contribution in [-0.4, -0.2) is 67.3 Å². The number of carbonyl (C=O) groups excluding carboxylic acids is 1. The summed E-state index contributed by atoms with van der Waals surface area (Å²) in [6.07, 6.45) is 2.91. The minimum absolute atomic E-state index is 0.0375. The molecule has 6 nitrogen and oxygen atoms in total. The molecule has 6 heteroatoms. The Kier molecular flexibility index (Phi) is 5.46. The number of morpholine rings is 1. The van der Waals surface area contributed by atoms with Crippen molar-refractivity contribution >= 4 is 6.03 Å². The highest BCUT2D eigenvalue weighted by Crippen LogP contribution is 2.22. The van der Waals surface area contributed by atoms with Gasteiger partial charge in [0.05, 0.1) is 18.8 Å². The lowest BCUT2D eigenvalue weighted by Crippen LogP contribution is -2.61. The maximum Gasteiger partial charge on any atom is 0.317 e. The number of fused-ring (bicyclic) bond motifs is 1. The van der Waals surface area contributed by atoms with Gasteiger partial charge in [0.1, 0.15) is 11.5 Å². The van der Waals surface area contributed by atoms with Crippen molar-refractivity contribution in [2.24, 2.45) is 0 Å². The lowest BCUT2D eigenvalue weighted by Gasteiger charge is -2.45. The monoisotopic (exact) mass is 335 g/mol. The second-order valence-corrected chi connectivity index (χ2v) is 7.09. The highest BCUT2D eigenvalue weighted by Gasteiger charge is 2.36. The van der Waals surface area contributed by atoms with Crippen LogP contribution in [0.25, 0.3) is 0 Å². The van der Waals surface area contributed by atoms with Gasteiger partial charge in [-0.25, -0.2) is 4.79 Å². The number of hydrogen-bond donors (Lipinski definition) is 1. The van der Waals surface area contributed by atoms with E-state index >= 15 is 0 Å². The van der Waals surface area contributed by atoms with Crippen LogP contribution >= 0.6 is 0 Å². The number of likely N-dealkylation sites (N-methyl/N-ethyl adjacent to an activating group) is 1. The summed E-state index contributed by atoms with van der Waals surface area (Å²) < 4.78 is 11.4. The van der Waals surface area contributed by atoms with Crippen molar-refractivity contribution in [1.82, 2.24) is 15.1 Å². The van der Waals surface area contributed by atoms with Crippen molar-refractivity contribution in [3.63, 3.8) is 0 Å². The lowest BCUT2D eigenvalue weighted by atomic mass is 9.99. The molecule has 2 fully saturated rings. The number of likely N-dealkylation sites (tertiary alicyclic amines) is 1. The lowest BCUT2D eigenvalue weighted by molar-refractivity contribution is -0.0882. The zero-order valence-corrected chi connectivity index (χ0v) is 15.0. The van der Waals surface area contributed by atoms with Crippen LogP contribution in [-0.2, 0) is 11.2 Å². The van der Waals surface area contributed by atoms with Gasteiger partial charge in [-0.05, 0) is 45.9 Å². The van der Waals surface area contributed by atoms with Crippen molar-refractivity contribution in [2.45, 2.75) is 51.3 Å². The average Bonchev–Trinajstić information content (AvgIpc) is 2.98. The normalized spacial score (nSPS) is 26.0. The van der Waals surface area contributed by atoms with Crippen LogP contribution < -0.4 is 5.32 Å². The molecule has 0 aliphatic carbocycles. The fraction of sp³-hybridized carbons (Fsp3) is 0.722. The zero-order chi connectivity index (χ0) is 17.1. The molecule has 2 saturated heterocycles. The molecule has 3 rings (SSSR count). The number of aryl methyl sites for hydroxylation is 2. The second kappa shape index (κ2) is 7.57. The molecule has 2 aliphatic heterocycles. The molecule has 0 aromatic carbocycles. The van der Waals surface area contributed by atoms with E-state index in [1.165, 1.54) is 0 Å². The molecule has 1 N–H and O–H groups in total. The first-order chi connectivity index (χ1) is 11.5. The van der Waals surface area contributed by atoms with Gasteiger partial charge >= 0.3 is 6.03 Å². The van der Waals surface area contributed by atoms with Crippen LogP contribution in [0.2, 0.25) is 0 Å². The summed E-state index contributed by atoms with van der Waals surface area (Å²) in [6, 6.07) is 4.47. The van der Waals surface area contributed by atoms with E-state index in [-0.39, 0.29) is 18.2 Å². The van der Waals surface area contributed by atoms with Crippen LogP contribution in [0.3, 0.4) is 0 Å². The number of amides is 2. The van der Waals surface area contributed by atoms with Crippen LogP contribution in [0.15, 0.2) is 16.5 Å². The number of nitrogens with one attached hydrogen (secondary N) is 1. The van der Waals surface area contributed by atoms with Crippen molar-refractivity contribution in [1.29, 1.82) is 0 Å². The van der Waals surface area contributed by atoms with Gasteiger partial charge in [-0.1, -0.05) is 0 Å². The Morgan fingerprint density at radius 3 is 3.00 bits per heavy atom. The molecule has 3 atom stereocenters. The van der Waals surface area contributed by atoms with Gasteiger partial charge in [-0.2, -0.15) is 0 Å². The van der Waals surface area contributed by atoms with Crippen LogP contribution in [0.5, 0.6) is 0 Å². The van der Waals surface area contributed by atoms with Gasteiger partial charge < -0.3 is 19.4 Å². The fourth-order valence-electron chi connectivity index (χ4n) is 3.58. The van der Waals surface area contributed by atoms with Gasteiger partial charge in [-0.3, -0.25) is 4.90 Å². The summed E-state index contributed by atoms with van der Waals surface area (Å²) in [6.45, 7) is 7.26. The van der Waals surface area contributed by atoms with Gasteiger partial charge in [-0.15, -0.1) is 0 Å². The van der Waals surface area contributed by atoms with Gasteiger partial charge in [0.25, 0.3) is 0 Å². The molecule has 0 saturated carbocycles. The summed E-state index contributed by atoms with van der Waals surface area (Å²) in [4.78, 5) is 16.8. The highest BCUT2D eigenvalue weighted by molar-refractivity contribution is 5.74. The summed E-state index contributed by atoms with van der Waals surface area (Å²) in [7, 11) is 2.12. The number of nitrogens with zero attached hydrogens (tertiary/aromatic N) is 2. The molecule has 0 radical (unpaired) electrons. The third-order valence-electron chi connectivity index (χ3n) is 5.14. The molecule has 2 aliphatic rings. The molecule has 0 bridgehead atoms. The van der Waals surface area contributed by atoms with E-state index in [1.807, 2.05) is 24.0 Å². The predicted octanol–water partition coefficient (Wildman–Crippen LogP) is 2.02. The molecule has 2 amide bonds. The van der Waals surface area contributed by atoms with Crippen molar-refractivity contribution < 1.29 is 13.9 Å². The maximum atomic E-state index is 12.5. The topological polar surface area (TPSA) is 58.0 Å². The summed E-state index contributed by atoms with van der Waals surface area (Å²) in [5, 5.41) is 3.12. The number of hydrogen-bond acceptors (Lipinski definition) is 4. The van der Waals surface area contributed by atoms with E-state index in [9.17, 15) is 4.79 Å². The number of carbonyl (C=O) groups is 1. The number of rotatable bonds is 4. The molecule has 24 heavy (non-hydrogen) atoms. The first kappa shape index (κ1) is 17.3. The third-order valence-corrected chi connectivity index (χ3v) is 5.14. The van der Waals surface area contributed by atoms with E-state index in [1.54, 1.807) is 0 Å². The summed E-state index contributed by atoms with van der Waals surface area (Å²) in [5.74, 6) is 1.92. The Bertz CT molecular complexity index is 559. The average molecular weight is 335 g/mol. The Morgan fingerprint density at radius 1 is 1.42 bits per heavy atom. The van der Waals surface area contributed by atoms with E-state index < -0.39 is 0 Å². The molecule has 0 unspecified atom stereocenters. The Hall–Kier alpha value is -1.53. The second-order valence-electron chi connectivity index (χ2n) is 7.09. The SMILES string of the molecule is Cc1ccc(CC[C@H](C)NC(=O)N2CC[C@H]3OCCN(C)[C@H]3C2)o1. The molecule has 1 aromatic rings. The Balaban J connectivity index is 1.45. The minimum atomic E-state index is 0.0375. The van der Waals surface area contributed by atoms with Crippen LogP contribution in [0, 0.1) is 6.92 Å². The molecular weight excluding hydrogens is 306 g/mol. The third kappa shape index (κ3) is 4.11. The number of urea groups is 1. The molecule has 0 spiro atoms. The Morgan fingerprint density at radius 2 is 2.25 bits per heavy atom. The largest absolute Gasteiger partial charge is 0.466 e. The van der Waals surface area contributed by atoms with Gasteiger partial charge in [0.15, 0.2) is 0 Å². The quantitative estimate of drug-likeness (QED) is 0.915. The highest BCUT2D eigenvalue weighted by atomic mass is 16.5. The Labute approximate surface area is 144 Å². The first-order valence-electron chi connectivity index (χ1n) is 8.95. The number of furan rings is 1. The smallest absolute Gasteiger partial charge is 0.317 e. The molecule has 134 valence electrons. The number of piperidine rings is 1. The van der Waals surface area contributed by atoms with E-state index in [0.717, 1.165) is 57.0 Å². The van der Waals surface area contributed by atoms with Crippen molar-refractivity contribution in [3.8, 4) is 0 Å². The molecule has 3 heterocycles. The summed E-state index contributed by atoms with van der Waals surface area (Å²) in [5.41, 5.74) is 0. The first-order valence-corrected chi connectivity index (χ1v) is 8.95. The van der Waals surface area contributed by atoms with Gasteiger partial charge in [0.2, 0.25) is 0 Å². The van der Waals surface area contributed by atoms with E-state index in [0.29, 0.717) is 6.04 Å². The minimum Gasteiger partial charge on any atom is -0.466 e. The molecule has 1 aromatic heterocycles. The zero-order valence-electron chi connectivity index (χ0n) is 15.0. The van der Waals surface area contributed by atoms with E-state index in [4.69, 9.17) is 9.15 Å². The van der Waals surface area contributed by atoms with Crippen LogP contribution in [0.4, 0.5) is 4.79 Å². The standard InChI is InChI=1S/C18H29N3O3/c1-13(4-6-15-7-5-14(2)24-15)19-18(22)21-9-8-17-16(12-21)20(3)10-11-23-17/h5,7,13,16-17H,4,6,8-12H2,1-3H3,(H,19,22)/t13-,16-,17+/m0/s1. The number of ether oxygens (including phenoxy) is 1. The van der Waals surface area contributed by atoms with Crippen molar-refractivity contribution in [2.75, 3.05) is 33.3 Å². The van der Waals surface area contributed by atoms with E-state index in [2.05, 4.69) is 24.2 Å². The predicted molar refractivity (Wildman–Crippen MR) is 92.1 cm³/mol.